The van der Waals surface area contributed by atoms with E-state index in [1.165, 1.54) is 50.2 Å². The molecule has 2 atom stereocenters. The van der Waals surface area contributed by atoms with Gasteiger partial charge in [-0.25, -0.2) is 0 Å². The van der Waals surface area contributed by atoms with Gasteiger partial charge in [-0.1, -0.05) is 109 Å². The molecule has 2 heterocycles. The molecule has 4 aliphatic rings. The minimum Gasteiger partial charge on any atom is -0.333 e. The fourth-order valence-corrected chi connectivity index (χ4v) is 8.65. The summed E-state index contributed by atoms with van der Waals surface area (Å²) in [6.07, 6.45) is 22.4. The first-order chi connectivity index (χ1) is 23.6. The van der Waals surface area contributed by atoms with Gasteiger partial charge in [-0.05, 0) is 86.1 Å². The molecule has 1 aliphatic heterocycles. The van der Waals surface area contributed by atoms with Gasteiger partial charge in [-0.3, -0.25) is 0 Å². The van der Waals surface area contributed by atoms with Gasteiger partial charge in [0.2, 0.25) is 0 Å². The number of fused-ring (bicyclic) bond motifs is 6. The zero-order valence-corrected chi connectivity index (χ0v) is 27.4. The van der Waals surface area contributed by atoms with Crippen molar-refractivity contribution >= 4 is 39.6 Å². The average Bonchev–Trinajstić information content (AvgIpc) is 3.61. The summed E-state index contributed by atoms with van der Waals surface area (Å²) in [7, 11) is 0. The number of aryl methyl sites for hydroxylation is 1. The quantitative estimate of drug-likeness (QED) is 0.200. The summed E-state index contributed by atoms with van der Waals surface area (Å²) in [6, 6.07) is 33.6. The Kier molecular flexibility index (Phi) is 6.56. The van der Waals surface area contributed by atoms with E-state index in [-0.39, 0.29) is 11.5 Å². The molecular formula is C45H37N3. The van der Waals surface area contributed by atoms with Crippen molar-refractivity contribution < 1.29 is 0 Å². The van der Waals surface area contributed by atoms with Gasteiger partial charge in [0.05, 0.1) is 17.1 Å². The zero-order chi connectivity index (χ0) is 32.4. The predicted octanol–water partition coefficient (Wildman–Crippen LogP) is 11.1. The van der Waals surface area contributed by atoms with Gasteiger partial charge in [0.25, 0.3) is 0 Å². The molecule has 0 saturated carbocycles. The van der Waals surface area contributed by atoms with Gasteiger partial charge in [-0.15, -0.1) is 0 Å². The third kappa shape index (κ3) is 4.19. The number of nitriles is 1. The Hall–Kier alpha value is -5.59. The Morgan fingerprint density at radius 1 is 0.833 bits per heavy atom. The van der Waals surface area contributed by atoms with Crippen molar-refractivity contribution in [3.63, 3.8) is 0 Å². The van der Waals surface area contributed by atoms with Crippen LogP contribution in [0.25, 0.3) is 39.4 Å². The van der Waals surface area contributed by atoms with Crippen LogP contribution in [0.15, 0.2) is 127 Å². The maximum atomic E-state index is 10.4. The van der Waals surface area contributed by atoms with E-state index in [1.807, 2.05) is 0 Å². The van der Waals surface area contributed by atoms with E-state index in [1.54, 1.807) is 0 Å². The minimum absolute atomic E-state index is 0.117. The van der Waals surface area contributed by atoms with E-state index < -0.39 is 0 Å². The van der Waals surface area contributed by atoms with E-state index in [0.717, 1.165) is 53.6 Å². The van der Waals surface area contributed by atoms with E-state index in [0.29, 0.717) is 0 Å². The van der Waals surface area contributed by atoms with Crippen molar-refractivity contribution in [1.82, 2.24) is 4.57 Å². The molecule has 9 rings (SSSR count). The first-order valence-electron chi connectivity index (χ1n) is 17.2. The van der Waals surface area contributed by atoms with Gasteiger partial charge < -0.3 is 9.47 Å². The van der Waals surface area contributed by atoms with Crippen LogP contribution in [0.2, 0.25) is 0 Å². The Morgan fingerprint density at radius 3 is 2.48 bits per heavy atom. The van der Waals surface area contributed by atoms with Crippen LogP contribution in [0.4, 0.5) is 11.4 Å². The van der Waals surface area contributed by atoms with Crippen molar-refractivity contribution in [3.8, 4) is 17.2 Å². The molecule has 232 valence electrons. The lowest BCUT2D eigenvalue weighted by Crippen LogP contribution is -2.39. The molecule has 0 fully saturated rings. The molecule has 1 aromatic heterocycles. The smallest absolute Gasteiger partial charge is 0.100 e. The first kappa shape index (κ1) is 28.6. The standard InChI is InChI=1S/C45H37N3/c1-30-27-33(47-43-20-10-6-16-39(43)45(2)26-12-11-21-44(45)47)28-37(38(30)29-46)32-24-22-31(23-25-32)34-13-3-7-17-40(34)48-41-18-8-4-14-35(41)36-15-5-9-19-42(36)48/h3-6,8,10-16,18,20-28,44H,7,9,17,19H2,1-2H3. The number of para-hydroxylation sites is 2. The highest BCUT2D eigenvalue weighted by atomic mass is 15.2. The van der Waals surface area contributed by atoms with E-state index >= 15 is 0 Å². The lowest BCUT2D eigenvalue weighted by atomic mass is 9.76. The molecule has 0 N–H and O–H groups in total. The number of anilines is 2. The van der Waals surface area contributed by atoms with Crippen LogP contribution in [-0.2, 0) is 11.8 Å². The molecule has 0 bridgehead atoms. The highest BCUT2D eigenvalue weighted by Crippen LogP contribution is 2.52. The monoisotopic (exact) mass is 619 g/mol. The SMILES string of the molecule is Cc1cc(N2c3ccccc3C3(C)C=CC=CC23)cc(-c2ccc(C3=C(n4c5c(c6ccccc64)C=CCC5)CCC=C3)cc2)c1C#N. The number of nitrogens with zero attached hydrogens (tertiary/aromatic N) is 3. The molecule has 2 unspecified atom stereocenters. The van der Waals surface area contributed by atoms with Crippen LogP contribution in [0, 0.1) is 18.3 Å². The number of hydrogen-bond donors (Lipinski definition) is 0. The molecule has 0 radical (unpaired) electrons. The summed E-state index contributed by atoms with van der Waals surface area (Å²) in [6.45, 7) is 4.40. The first-order valence-corrected chi connectivity index (χ1v) is 17.2. The second kappa shape index (κ2) is 11.0. The number of aromatic nitrogens is 1. The lowest BCUT2D eigenvalue weighted by molar-refractivity contribution is 0.550. The molecule has 3 heteroatoms. The maximum absolute atomic E-state index is 10.4. The summed E-state index contributed by atoms with van der Waals surface area (Å²) in [4.78, 5) is 2.46. The largest absolute Gasteiger partial charge is 0.333 e. The molecule has 4 aromatic carbocycles. The van der Waals surface area contributed by atoms with Gasteiger partial charge in [-0.2, -0.15) is 5.26 Å². The predicted molar refractivity (Wildman–Crippen MR) is 200 cm³/mol. The fourth-order valence-electron chi connectivity index (χ4n) is 8.65. The number of allylic oxidation sites excluding steroid dienone is 7. The summed E-state index contributed by atoms with van der Waals surface area (Å²) in [5.74, 6) is 0. The third-order valence-electron chi connectivity index (χ3n) is 11.0. The van der Waals surface area contributed by atoms with Crippen molar-refractivity contribution in [2.75, 3.05) is 4.90 Å². The normalized spacial score (nSPS) is 20.6. The van der Waals surface area contributed by atoms with Crippen LogP contribution >= 0.6 is 0 Å². The number of benzene rings is 4. The Balaban J connectivity index is 1.15. The van der Waals surface area contributed by atoms with Gasteiger partial charge in [0, 0.05) is 50.3 Å². The third-order valence-corrected chi connectivity index (χ3v) is 11.0. The topological polar surface area (TPSA) is 32.0 Å². The van der Waals surface area contributed by atoms with Crippen molar-refractivity contribution in [2.24, 2.45) is 0 Å². The zero-order valence-electron chi connectivity index (χ0n) is 27.4. The summed E-state index contributed by atoms with van der Waals surface area (Å²) in [5.41, 5.74) is 15.3. The molecule has 0 amide bonds. The van der Waals surface area contributed by atoms with Crippen LogP contribution in [0.1, 0.15) is 59.7 Å². The van der Waals surface area contributed by atoms with E-state index in [4.69, 9.17) is 0 Å². The summed E-state index contributed by atoms with van der Waals surface area (Å²) >= 11 is 0. The van der Waals surface area contributed by atoms with Crippen molar-refractivity contribution in [2.45, 2.75) is 51.0 Å². The van der Waals surface area contributed by atoms with Crippen molar-refractivity contribution in [1.29, 1.82) is 5.26 Å². The minimum atomic E-state index is -0.117. The highest BCUT2D eigenvalue weighted by Gasteiger charge is 2.46. The van der Waals surface area contributed by atoms with Gasteiger partial charge in [0.15, 0.2) is 0 Å². The molecule has 5 aromatic rings. The molecule has 48 heavy (non-hydrogen) atoms. The fraction of sp³-hybridized carbons (Fsp3) is 0.178. The highest BCUT2D eigenvalue weighted by molar-refractivity contribution is 5.99. The summed E-state index contributed by atoms with van der Waals surface area (Å²) in [5, 5.41) is 11.7. The Bertz CT molecular complexity index is 2330. The van der Waals surface area contributed by atoms with Gasteiger partial charge >= 0.3 is 0 Å². The van der Waals surface area contributed by atoms with Crippen LogP contribution in [0.5, 0.6) is 0 Å². The molecule has 0 saturated heterocycles. The van der Waals surface area contributed by atoms with E-state index in [9.17, 15) is 5.26 Å². The molecule has 3 aliphatic carbocycles. The van der Waals surface area contributed by atoms with Crippen molar-refractivity contribution in [3.05, 3.63) is 161 Å². The molecule has 0 spiro atoms. The number of rotatable bonds is 4. The second-order valence-electron chi connectivity index (χ2n) is 13.7. The van der Waals surface area contributed by atoms with Crippen LogP contribution < -0.4 is 4.90 Å². The van der Waals surface area contributed by atoms with Crippen LogP contribution in [0.3, 0.4) is 0 Å². The Labute approximate surface area is 282 Å². The molecular weight excluding hydrogens is 583 g/mol. The average molecular weight is 620 g/mol. The van der Waals surface area contributed by atoms with E-state index in [2.05, 4.69) is 163 Å². The van der Waals surface area contributed by atoms with Gasteiger partial charge in [0.1, 0.15) is 6.07 Å². The maximum Gasteiger partial charge on any atom is 0.100 e. The second-order valence-corrected chi connectivity index (χ2v) is 13.7. The lowest BCUT2D eigenvalue weighted by Gasteiger charge is -2.35. The Morgan fingerprint density at radius 2 is 1.60 bits per heavy atom. The molecule has 3 nitrogen and oxygen atoms in total. The van der Waals surface area contributed by atoms with Crippen LogP contribution in [-0.4, -0.2) is 10.6 Å². The number of hydrogen-bond acceptors (Lipinski definition) is 2. The summed E-state index contributed by atoms with van der Waals surface area (Å²) < 4.78 is 2.55.